The summed E-state index contributed by atoms with van der Waals surface area (Å²) in [7, 11) is 0. The summed E-state index contributed by atoms with van der Waals surface area (Å²) in [4.78, 5) is 0. The smallest absolute Gasteiger partial charge is 0.130 e. The molecule has 0 amide bonds. The monoisotopic (exact) mass is 278 g/mol. The topological polar surface area (TPSA) is 29.5 Å². The van der Waals surface area contributed by atoms with Gasteiger partial charge in [0.15, 0.2) is 0 Å². The summed E-state index contributed by atoms with van der Waals surface area (Å²) >= 11 is 0. The van der Waals surface area contributed by atoms with E-state index in [9.17, 15) is 13.9 Å². The van der Waals surface area contributed by atoms with Gasteiger partial charge in [-0.15, -0.1) is 0 Å². The van der Waals surface area contributed by atoms with E-state index in [4.69, 9.17) is 4.74 Å². The van der Waals surface area contributed by atoms with Crippen LogP contribution in [0.3, 0.4) is 0 Å². The summed E-state index contributed by atoms with van der Waals surface area (Å²) < 4.78 is 32.1. The molecule has 2 aromatic rings. The van der Waals surface area contributed by atoms with Crippen LogP contribution in [0.2, 0.25) is 0 Å². The van der Waals surface area contributed by atoms with Crippen LogP contribution in [0, 0.1) is 18.6 Å². The van der Waals surface area contributed by atoms with E-state index in [0.29, 0.717) is 11.3 Å². The first kappa shape index (κ1) is 14.5. The Morgan fingerprint density at radius 1 is 1.15 bits per heavy atom. The lowest BCUT2D eigenvalue weighted by molar-refractivity contribution is 0.189. The van der Waals surface area contributed by atoms with Crippen LogP contribution in [-0.4, -0.2) is 5.11 Å². The highest BCUT2D eigenvalue weighted by Gasteiger charge is 2.11. The quantitative estimate of drug-likeness (QED) is 0.919. The first-order valence-electron chi connectivity index (χ1n) is 6.32. The first-order chi connectivity index (χ1) is 9.47. The van der Waals surface area contributed by atoms with Crippen LogP contribution < -0.4 is 4.74 Å². The molecule has 0 aliphatic rings. The minimum Gasteiger partial charge on any atom is -0.488 e. The van der Waals surface area contributed by atoms with Gasteiger partial charge in [0.1, 0.15) is 24.0 Å². The molecule has 0 saturated heterocycles. The molecule has 0 fully saturated rings. The molecule has 1 atom stereocenters. The summed E-state index contributed by atoms with van der Waals surface area (Å²) in [6, 6.07) is 8.59. The molecule has 2 nitrogen and oxygen atoms in total. The van der Waals surface area contributed by atoms with Crippen molar-refractivity contribution >= 4 is 0 Å². The van der Waals surface area contributed by atoms with Gasteiger partial charge >= 0.3 is 0 Å². The molecule has 0 aromatic heterocycles. The standard InChI is InChI=1S/C16H16F2O2/c1-10-3-6-16(14(7-10)11(2)19)20-9-12-8-13(17)4-5-15(12)18/h3-8,11,19H,9H2,1-2H3/t11-/m0/s1. The zero-order chi connectivity index (χ0) is 14.7. The van der Waals surface area contributed by atoms with Crippen LogP contribution in [0.15, 0.2) is 36.4 Å². The van der Waals surface area contributed by atoms with Crippen molar-refractivity contribution in [3.05, 3.63) is 64.7 Å². The molecule has 20 heavy (non-hydrogen) atoms. The van der Waals surface area contributed by atoms with E-state index in [0.717, 1.165) is 23.8 Å². The maximum atomic E-state index is 13.5. The van der Waals surface area contributed by atoms with E-state index in [-0.39, 0.29) is 12.2 Å². The van der Waals surface area contributed by atoms with Gasteiger partial charge in [-0.05, 0) is 44.2 Å². The average Bonchev–Trinajstić information content (AvgIpc) is 2.40. The molecule has 0 bridgehead atoms. The van der Waals surface area contributed by atoms with E-state index in [1.165, 1.54) is 0 Å². The molecular weight excluding hydrogens is 262 g/mol. The molecule has 0 heterocycles. The minimum atomic E-state index is -0.692. The van der Waals surface area contributed by atoms with Gasteiger partial charge in [0.25, 0.3) is 0 Å². The lowest BCUT2D eigenvalue weighted by Crippen LogP contribution is -2.03. The van der Waals surface area contributed by atoms with Gasteiger partial charge in [0.2, 0.25) is 0 Å². The highest BCUT2D eigenvalue weighted by Crippen LogP contribution is 2.27. The molecule has 4 heteroatoms. The normalized spacial score (nSPS) is 12.2. The third-order valence-corrected chi connectivity index (χ3v) is 3.01. The number of halogens is 2. The second kappa shape index (κ2) is 6.01. The SMILES string of the molecule is Cc1ccc(OCc2cc(F)ccc2F)c([C@H](C)O)c1. The summed E-state index contributed by atoms with van der Waals surface area (Å²) in [5.41, 5.74) is 1.76. The van der Waals surface area contributed by atoms with Crippen molar-refractivity contribution in [2.45, 2.75) is 26.6 Å². The van der Waals surface area contributed by atoms with Gasteiger partial charge in [-0.25, -0.2) is 8.78 Å². The number of benzene rings is 2. The van der Waals surface area contributed by atoms with Crippen molar-refractivity contribution < 1.29 is 18.6 Å². The predicted molar refractivity (Wildman–Crippen MR) is 72.5 cm³/mol. The van der Waals surface area contributed by atoms with Crippen molar-refractivity contribution in [1.82, 2.24) is 0 Å². The number of ether oxygens (including phenoxy) is 1. The average molecular weight is 278 g/mol. The number of hydrogen-bond acceptors (Lipinski definition) is 2. The first-order valence-corrected chi connectivity index (χ1v) is 6.32. The van der Waals surface area contributed by atoms with Crippen LogP contribution in [0.5, 0.6) is 5.75 Å². The molecule has 0 unspecified atom stereocenters. The van der Waals surface area contributed by atoms with E-state index in [2.05, 4.69) is 0 Å². The van der Waals surface area contributed by atoms with Crippen LogP contribution in [0.25, 0.3) is 0 Å². The highest BCUT2D eigenvalue weighted by molar-refractivity contribution is 5.38. The van der Waals surface area contributed by atoms with E-state index < -0.39 is 17.7 Å². The molecule has 0 radical (unpaired) electrons. The Morgan fingerprint density at radius 3 is 2.60 bits per heavy atom. The minimum absolute atomic E-state index is 0.0909. The lowest BCUT2D eigenvalue weighted by Gasteiger charge is -2.14. The lowest BCUT2D eigenvalue weighted by atomic mass is 10.1. The molecule has 106 valence electrons. The number of aliphatic hydroxyl groups is 1. The number of rotatable bonds is 4. The van der Waals surface area contributed by atoms with Crippen molar-refractivity contribution in [3.63, 3.8) is 0 Å². The van der Waals surface area contributed by atoms with Crippen molar-refractivity contribution in [3.8, 4) is 5.75 Å². The molecule has 0 saturated carbocycles. The van der Waals surface area contributed by atoms with Crippen LogP contribution in [-0.2, 0) is 6.61 Å². The second-order valence-electron chi connectivity index (χ2n) is 4.74. The highest BCUT2D eigenvalue weighted by atomic mass is 19.1. The third-order valence-electron chi connectivity index (χ3n) is 3.01. The summed E-state index contributed by atoms with van der Waals surface area (Å²) in [6.45, 7) is 3.44. The largest absolute Gasteiger partial charge is 0.488 e. The Morgan fingerprint density at radius 2 is 1.90 bits per heavy atom. The predicted octanol–water partition coefficient (Wildman–Crippen LogP) is 3.91. The van der Waals surface area contributed by atoms with E-state index >= 15 is 0 Å². The second-order valence-corrected chi connectivity index (χ2v) is 4.74. The Labute approximate surface area is 116 Å². The van der Waals surface area contributed by atoms with Gasteiger partial charge in [0.05, 0.1) is 6.10 Å². The number of aliphatic hydroxyl groups excluding tert-OH is 1. The van der Waals surface area contributed by atoms with E-state index in [1.807, 2.05) is 19.1 Å². The summed E-state index contributed by atoms with van der Waals surface area (Å²) in [5, 5.41) is 9.71. The van der Waals surface area contributed by atoms with Crippen LogP contribution >= 0.6 is 0 Å². The maximum absolute atomic E-state index is 13.5. The Hall–Kier alpha value is -1.94. The number of hydrogen-bond donors (Lipinski definition) is 1. The van der Waals surface area contributed by atoms with Gasteiger partial charge in [-0.2, -0.15) is 0 Å². The van der Waals surface area contributed by atoms with Gasteiger partial charge in [-0.1, -0.05) is 11.6 Å². The van der Waals surface area contributed by atoms with Crippen molar-refractivity contribution in [2.75, 3.05) is 0 Å². The fraction of sp³-hybridized carbons (Fsp3) is 0.250. The molecule has 2 rings (SSSR count). The van der Waals surface area contributed by atoms with E-state index in [1.54, 1.807) is 13.0 Å². The van der Waals surface area contributed by atoms with Crippen molar-refractivity contribution in [1.29, 1.82) is 0 Å². The van der Waals surface area contributed by atoms with Gasteiger partial charge < -0.3 is 9.84 Å². The third kappa shape index (κ3) is 3.33. The van der Waals surface area contributed by atoms with Crippen LogP contribution in [0.4, 0.5) is 8.78 Å². The Kier molecular flexibility index (Phi) is 4.35. The summed E-state index contributed by atoms with van der Waals surface area (Å²) in [6.07, 6.45) is -0.692. The molecule has 0 aliphatic heterocycles. The summed E-state index contributed by atoms with van der Waals surface area (Å²) in [5.74, 6) is -0.559. The molecule has 0 aliphatic carbocycles. The number of aryl methyl sites for hydroxylation is 1. The van der Waals surface area contributed by atoms with Crippen molar-refractivity contribution in [2.24, 2.45) is 0 Å². The Bertz CT molecular complexity index is 609. The molecule has 2 aromatic carbocycles. The van der Waals surface area contributed by atoms with Crippen LogP contribution in [0.1, 0.15) is 29.7 Å². The van der Waals surface area contributed by atoms with Gasteiger partial charge in [0, 0.05) is 11.1 Å². The maximum Gasteiger partial charge on any atom is 0.130 e. The molecule has 0 spiro atoms. The fourth-order valence-corrected chi connectivity index (χ4v) is 1.94. The Balaban J connectivity index is 2.20. The zero-order valence-electron chi connectivity index (χ0n) is 11.4. The van der Waals surface area contributed by atoms with Gasteiger partial charge in [-0.3, -0.25) is 0 Å². The zero-order valence-corrected chi connectivity index (χ0v) is 11.4. The molecular formula is C16H16F2O2. The fourth-order valence-electron chi connectivity index (χ4n) is 1.94. The molecule has 1 N–H and O–H groups in total.